The van der Waals surface area contributed by atoms with Crippen LogP contribution in [-0.4, -0.2) is 88.9 Å². The number of anilines is 2. The van der Waals surface area contributed by atoms with Gasteiger partial charge >= 0.3 is 0 Å². The number of fused-ring (bicyclic) bond motifs is 1. The molecule has 1 aromatic carbocycles. The average molecular weight is 522 g/mol. The molecular formula is C26H31N7O5. The van der Waals surface area contributed by atoms with Gasteiger partial charge in [0.05, 0.1) is 28.9 Å². The number of carbonyl (C=O) groups excluding carboxylic acids is 5. The second-order valence-electron chi connectivity index (χ2n) is 10.2. The van der Waals surface area contributed by atoms with Crippen LogP contribution in [0.1, 0.15) is 40.5 Å². The van der Waals surface area contributed by atoms with Gasteiger partial charge in [-0.05, 0) is 31.5 Å². The fourth-order valence-electron chi connectivity index (χ4n) is 5.28. The summed E-state index contributed by atoms with van der Waals surface area (Å²) in [7, 11) is 1.85. The number of hydrogen-bond donors (Lipinski definition) is 2. The number of nitrogens with one attached hydrogen (secondary N) is 2. The number of likely N-dealkylation sites (tertiary alicyclic amines) is 1. The molecule has 200 valence electrons. The highest BCUT2D eigenvalue weighted by atomic mass is 16.2. The molecule has 12 heteroatoms. The predicted molar refractivity (Wildman–Crippen MR) is 137 cm³/mol. The van der Waals surface area contributed by atoms with Gasteiger partial charge in [0.15, 0.2) is 0 Å². The topological polar surface area (TPSA) is 137 Å². The van der Waals surface area contributed by atoms with Gasteiger partial charge in [-0.25, -0.2) is 0 Å². The largest absolute Gasteiger partial charge is 0.386 e. The molecule has 12 nitrogen and oxygen atoms in total. The minimum atomic E-state index is -0.492. The van der Waals surface area contributed by atoms with Crippen LogP contribution in [0.4, 0.5) is 11.4 Å². The number of carbonyl (C=O) groups is 5. The molecule has 0 aliphatic carbocycles. The van der Waals surface area contributed by atoms with E-state index in [1.54, 1.807) is 31.3 Å². The van der Waals surface area contributed by atoms with Crippen LogP contribution in [0.3, 0.4) is 0 Å². The van der Waals surface area contributed by atoms with Crippen molar-refractivity contribution >= 4 is 41.4 Å². The zero-order valence-corrected chi connectivity index (χ0v) is 21.4. The molecule has 1 aromatic heterocycles. The molecule has 2 fully saturated rings. The molecule has 3 aliphatic heterocycles. The quantitative estimate of drug-likeness (QED) is 0.342. The molecule has 0 bridgehead atoms. The molecule has 2 aromatic rings. The summed E-state index contributed by atoms with van der Waals surface area (Å²) in [5.41, 5.74) is 2.43. The molecule has 38 heavy (non-hydrogen) atoms. The Hall–Kier alpha value is -4.22. The second-order valence-corrected chi connectivity index (χ2v) is 10.2. The van der Waals surface area contributed by atoms with Crippen molar-refractivity contribution in [2.45, 2.75) is 32.4 Å². The van der Waals surface area contributed by atoms with E-state index in [-0.39, 0.29) is 30.6 Å². The number of nitrogens with zero attached hydrogens (tertiary/aromatic N) is 5. The van der Waals surface area contributed by atoms with Gasteiger partial charge in [0.25, 0.3) is 11.8 Å². The Labute approximate surface area is 219 Å². The van der Waals surface area contributed by atoms with Crippen LogP contribution >= 0.6 is 0 Å². The lowest BCUT2D eigenvalue weighted by Crippen LogP contribution is -2.60. The summed E-state index contributed by atoms with van der Waals surface area (Å²) in [6, 6.07) is 4.68. The predicted octanol–water partition coefficient (Wildman–Crippen LogP) is 0.557. The first kappa shape index (κ1) is 25.4. The van der Waals surface area contributed by atoms with Crippen molar-refractivity contribution < 1.29 is 24.0 Å². The summed E-state index contributed by atoms with van der Waals surface area (Å²) in [4.78, 5) is 65.9. The zero-order chi connectivity index (χ0) is 27.0. The molecule has 1 unspecified atom stereocenters. The van der Waals surface area contributed by atoms with Crippen molar-refractivity contribution in [2.24, 2.45) is 11.8 Å². The van der Waals surface area contributed by atoms with E-state index in [1.165, 1.54) is 4.90 Å². The Kier molecular flexibility index (Phi) is 6.87. The number of rotatable bonds is 10. The summed E-state index contributed by atoms with van der Waals surface area (Å²) in [6.07, 6.45) is 4.33. The standard InChI is InChI=1S/C26H31N7O5/c1-16(3-6-23(35)28-15-34)33-25(37)21-5-4-20(7-22(21)26(33)38)30-12-18(13-30)24(36)31-9-17(10-31)11-32-14-19(27-2)8-29-32/h4-5,7-8,14-18,27H,3,6,9-13H2,1-2H3,(H,28,34,35). The van der Waals surface area contributed by atoms with Crippen LogP contribution in [0.5, 0.6) is 0 Å². The van der Waals surface area contributed by atoms with Crippen LogP contribution in [-0.2, 0) is 20.9 Å². The van der Waals surface area contributed by atoms with E-state index in [4.69, 9.17) is 0 Å². The van der Waals surface area contributed by atoms with E-state index in [1.807, 2.05) is 27.7 Å². The van der Waals surface area contributed by atoms with Crippen LogP contribution < -0.4 is 15.5 Å². The van der Waals surface area contributed by atoms with Crippen molar-refractivity contribution in [3.63, 3.8) is 0 Å². The molecule has 5 amide bonds. The van der Waals surface area contributed by atoms with Gasteiger partial charge in [0.1, 0.15) is 0 Å². The fourth-order valence-corrected chi connectivity index (χ4v) is 5.28. The zero-order valence-electron chi connectivity index (χ0n) is 21.4. The Morgan fingerprint density at radius 1 is 1.13 bits per heavy atom. The van der Waals surface area contributed by atoms with E-state index < -0.39 is 17.9 Å². The van der Waals surface area contributed by atoms with E-state index in [0.29, 0.717) is 36.5 Å². The van der Waals surface area contributed by atoms with Gasteiger partial charge < -0.3 is 15.1 Å². The maximum absolute atomic E-state index is 13.0. The molecule has 2 saturated heterocycles. The van der Waals surface area contributed by atoms with E-state index >= 15 is 0 Å². The normalized spacial score (nSPS) is 18.1. The van der Waals surface area contributed by atoms with Gasteiger partial charge in [-0.15, -0.1) is 0 Å². The maximum Gasteiger partial charge on any atom is 0.261 e. The molecule has 0 saturated carbocycles. The molecule has 2 N–H and O–H groups in total. The lowest BCUT2D eigenvalue weighted by Gasteiger charge is -2.46. The van der Waals surface area contributed by atoms with E-state index in [9.17, 15) is 24.0 Å². The summed E-state index contributed by atoms with van der Waals surface area (Å²) >= 11 is 0. The van der Waals surface area contributed by atoms with Crippen LogP contribution in [0, 0.1) is 11.8 Å². The Morgan fingerprint density at radius 3 is 2.55 bits per heavy atom. The summed E-state index contributed by atoms with van der Waals surface area (Å²) in [6.45, 7) is 5.08. The van der Waals surface area contributed by atoms with E-state index in [0.717, 1.165) is 31.0 Å². The average Bonchev–Trinajstić information content (AvgIpc) is 3.40. The molecule has 0 radical (unpaired) electrons. The Bertz CT molecular complexity index is 1280. The Balaban J connectivity index is 1.12. The fraction of sp³-hybridized carbons (Fsp3) is 0.462. The van der Waals surface area contributed by atoms with Gasteiger partial charge in [-0.2, -0.15) is 5.10 Å². The lowest BCUT2D eigenvalue weighted by atomic mass is 9.92. The molecular weight excluding hydrogens is 490 g/mol. The minimum absolute atomic E-state index is 0.0278. The van der Waals surface area contributed by atoms with Crippen LogP contribution in [0.15, 0.2) is 30.6 Å². The van der Waals surface area contributed by atoms with Crippen molar-refractivity contribution in [3.05, 3.63) is 41.7 Å². The highest BCUT2D eigenvalue weighted by Crippen LogP contribution is 2.33. The number of amides is 5. The molecule has 4 heterocycles. The van der Waals surface area contributed by atoms with Crippen molar-refractivity contribution in [3.8, 4) is 0 Å². The summed E-state index contributed by atoms with van der Waals surface area (Å²) in [5.74, 6) is -0.779. The van der Waals surface area contributed by atoms with Gasteiger partial charge in [0.2, 0.25) is 18.2 Å². The van der Waals surface area contributed by atoms with Gasteiger partial charge in [-0.3, -0.25) is 38.9 Å². The molecule has 5 rings (SSSR count). The SMILES string of the molecule is CNc1cnn(CC2CN(C(=O)C3CN(c4ccc5c(c4)C(=O)N(C(C)CCC(=O)NC=O)C5=O)C3)C2)c1. The van der Waals surface area contributed by atoms with Crippen molar-refractivity contribution in [1.29, 1.82) is 0 Å². The Morgan fingerprint density at radius 2 is 1.87 bits per heavy atom. The van der Waals surface area contributed by atoms with E-state index in [2.05, 4.69) is 15.7 Å². The highest BCUT2D eigenvalue weighted by molar-refractivity contribution is 6.22. The first-order valence-electron chi connectivity index (χ1n) is 12.8. The third-order valence-corrected chi connectivity index (χ3v) is 7.58. The number of benzene rings is 1. The number of aromatic nitrogens is 2. The summed E-state index contributed by atoms with van der Waals surface area (Å²) < 4.78 is 1.90. The first-order chi connectivity index (χ1) is 18.3. The van der Waals surface area contributed by atoms with Crippen LogP contribution in [0.25, 0.3) is 0 Å². The van der Waals surface area contributed by atoms with Crippen molar-refractivity contribution in [2.75, 3.05) is 43.4 Å². The molecule has 1 atom stereocenters. The monoisotopic (exact) mass is 521 g/mol. The number of imide groups is 2. The molecule has 0 spiro atoms. The summed E-state index contributed by atoms with van der Waals surface area (Å²) in [5, 5.41) is 9.44. The first-order valence-corrected chi connectivity index (χ1v) is 12.8. The van der Waals surface area contributed by atoms with Crippen LogP contribution in [0.2, 0.25) is 0 Å². The smallest absolute Gasteiger partial charge is 0.261 e. The number of hydrogen-bond acceptors (Lipinski definition) is 8. The highest BCUT2D eigenvalue weighted by Gasteiger charge is 2.42. The van der Waals surface area contributed by atoms with Gasteiger partial charge in [0, 0.05) is 70.0 Å². The minimum Gasteiger partial charge on any atom is -0.386 e. The third-order valence-electron chi connectivity index (χ3n) is 7.58. The maximum atomic E-state index is 13.0. The second kappa shape index (κ2) is 10.3. The lowest BCUT2D eigenvalue weighted by molar-refractivity contribution is -0.143. The van der Waals surface area contributed by atoms with Gasteiger partial charge in [-0.1, -0.05) is 0 Å². The third kappa shape index (κ3) is 4.73. The molecule has 3 aliphatic rings. The van der Waals surface area contributed by atoms with Crippen molar-refractivity contribution in [1.82, 2.24) is 24.9 Å².